The Bertz CT molecular complexity index is 927. The minimum atomic E-state index is -2.27. The maximum Gasteiger partial charge on any atom is 0.338 e. The van der Waals surface area contributed by atoms with Crippen LogP contribution in [-0.2, 0) is 20.1 Å². The number of thioether (sulfide) groups is 1. The van der Waals surface area contributed by atoms with Crippen LogP contribution in [0.1, 0.15) is 61.5 Å². The zero-order valence-corrected chi connectivity index (χ0v) is 23.0. The number of hydrogen-bond acceptors (Lipinski definition) is 7. The fraction of sp³-hybridized carbons (Fsp3) is 0.625. The number of amides is 1. The summed E-state index contributed by atoms with van der Waals surface area (Å²) in [4.78, 5) is 37.0. The van der Waals surface area contributed by atoms with Crippen LogP contribution >= 0.6 is 11.8 Å². The Labute approximate surface area is 207 Å². The van der Waals surface area contributed by atoms with Crippen molar-refractivity contribution in [2.24, 2.45) is 0 Å². The van der Waals surface area contributed by atoms with Crippen LogP contribution in [0.4, 0.5) is 0 Å². The van der Waals surface area contributed by atoms with Gasteiger partial charge in [-0.05, 0) is 37.9 Å². The molecule has 0 aliphatic carbocycles. The van der Waals surface area contributed by atoms with Crippen LogP contribution in [0.15, 0.2) is 6.07 Å². The fourth-order valence-corrected chi connectivity index (χ4v) is 5.39. The van der Waals surface area contributed by atoms with E-state index in [1.54, 1.807) is 7.11 Å². The first-order valence-corrected chi connectivity index (χ1v) is 15.5. The SMILES string of the molecule is COc1cc(O[Si](C)(C)C(C)(C)C)c2c(c1C)C(=O)OCCCCC(=O)N[C@H](C(=O)O)CSC2. The number of cyclic esters (lactones) is 1. The number of rotatable bonds is 4. The molecule has 8 nitrogen and oxygen atoms in total. The highest BCUT2D eigenvalue weighted by Crippen LogP contribution is 2.42. The third-order valence-electron chi connectivity index (χ3n) is 6.40. The predicted octanol–water partition coefficient (Wildman–Crippen LogP) is 4.53. The standard InChI is InChI=1S/C24H37NO7SSi/c1-15-18(30-5)12-19(32-34(6,7)24(2,3)4)16-13-33-14-17(22(27)28)25-20(26)10-8-9-11-31-23(29)21(15)16/h12,17H,8-11,13-14H2,1-7H3,(H,25,26)(H,27,28)/t17-/m0/s1. The molecule has 34 heavy (non-hydrogen) atoms. The van der Waals surface area contributed by atoms with Gasteiger partial charge in [-0.2, -0.15) is 11.8 Å². The first-order chi connectivity index (χ1) is 15.8. The Morgan fingerprint density at radius 1 is 1.24 bits per heavy atom. The maximum atomic E-state index is 13.2. The Morgan fingerprint density at radius 2 is 1.91 bits per heavy atom. The largest absolute Gasteiger partial charge is 0.543 e. The second kappa shape index (κ2) is 11.5. The minimum absolute atomic E-state index is 0.0775. The predicted molar refractivity (Wildman–Crippen MR) is 135 cm³/mol. The molecule has 1 amide bonds. The summed E-state index contributed by atoms with van der Waals surface area (Å²) in [6.45, 7) is 12.6. The van der Waals surface area contributed by atoms with Gasteiger partial charge in [-0.3, -0.25) is 4.79 Å². The van der Waals surface area contributed by atoms with E-state index in [-0.39, 0.29) is 29.7 Å². The van der Waals surface area contributed by atoms with E-state index in [0.717, 1.165) is 0 Å². The number of aliphatic carboxylic acids is 1. The number of benzene rings is 1. The molecule has 1 aliphatic rings. The van der Waals surface area contributed by atoms with Crippen molar-refractivity contribution in [2.75, 3.05) is 19.5 Å². The normalized spacial score (nSPS) is 18.7. The number of nitrogens with one attached hydrogen (secondary N) is 1. The van der Waals surface area contributed by atoms with Gasteiger partial charge < -0.3 is 24.3 Å². The monoisotopic (exact) mass is 511 g/mol. The van der Waals surface area contributed by atoms with Crippen molar-refractivity contribution < 1.29 is 33.4 Å². The number of carbonyl (C=O) groups excluding carboxylic acids is 2. The molecule has 2 rings (SSSR count). The van der Waals surface area contributed by atoms with Gasteiger partial charge in [-0.25, -0.2) is 9.59 Å². The molecule has 0 radical (unpaired) electrons. The Morgan fingerprint density at radius 3 is 2.50 bits per heavy atom. The molecular formula is C24H37NO7SSi. The van der Waals surface area contributed by atoms with E-state index < -0.39 is 26.3 Å². The van der Waals surface area contributed by atoms with E-state index in [9.17, 15) is 19.5 Å². The van der Waals surface area contributed by atoms with Crippen molar-refractivity contribution in [2.45, 2.75) is 76.9 Å². The van der Waals surface area contributed by atoms with Crippen molar-refractivity contribution in [1.82, 2.24) is 5.32 Å². The molecule has 2 N–H and O–H groups in total. The van der Waals surface area contributed by atoms with E-state index in [4.69, 9.17) is 13.9 Å². The molecule has 1 aliphatic heterocycles. The molecule has 0 unspecified atom stereocenters. The highest BCUT2D eigenvalue weighted by molar-refractivity contribution is 7.98. The van der Waals surface area contributed by atoms with Crippen molar-refractivity contribution in [3.8, 4) is 11.5 Å². The molecule has 0 aromatic heterocycles. The smallest absolute Gasteiger partial charge is 0.338 e. The quantitative estimate of drug-likeness (QED) is 0.448. The summed E-state index contributed by atoms with van der Waals surface area (Å²) >= 11 is 1.32. The lowest BCUT2D eigenvalue weighted by atomic mass is 10.0. The third kappa shape index (κ3) is 6.91. The molecule has 1 aromatic rings. The number of methoxy groups -OCH3 is 1. The molecule has 1 aromatic carbocycles. The molecular weight excluding hydrogens is 474 g/mol. The summed E-state index contributed by atoms with van der Waals surface area (Å²) in [7, 11) is -0.723. The summed E-state index contributed by atoms with van der Waals surface area (Å²) in [5.74, 6) is -0.319. The highest BCUT2D eigenvalue weighted by Gasteiger charge is 2.40. The summed E-state index contributed by atoms with van der Waals surface area (Å²) in [6, 6.07) is 0.794. The van der Waals surface area contributed by atoms with Crippen molar-refractivity contribution in [1.29, 1.82) is 0 Å². The number of hydrogen-bond donors (Lipinski definition) is 2. The van der Waals surface area contributed by atoms with Crippen LogP contribution in [0.25, 0.3) is 0 Å². The van der Waals surface area contributed by atoms with Crippen molar-refractivity contribution in [3.63, 3.8) is 0 Å². The number of ether oxygens (including phenoxy) is 2. The second-order valence-electron chi connectivity index (χ2n) is 9.98. The van der Waals surface area contributed by atoms with Gasteiger partial charge >= 0.3 is 11.9 Å². The Balaban J connectivity index is 2.57. The molecule has 0 spiro atoms. The van der Waals surface area contributed by atoms with Crippen molar-refractivity contribution in [3.05, 3.63) is 22.8 Å². The van der Waals surface area contributed by atoms with Crippen LogP contribution in [0, 0.1) is 6.92 Å². The fourth-order valence-electron chi connectivity index (χ4n) is 3.28. The lowest BCUT2D eigenvalue weighted by Gasteiger charge is -2.37. The van der Waals surface area contributed by atoms with Crippen LogP contribution in [0.3, 0.4) is 0 Å². The van der Waals surface area contributed by atoms with Gasteiger partial charge in [-0.15, -0.1) is 0 Å². The topological polar surface area (TPSA) is 111 Å². The minimum Gasteiger partial charge on any atom is -0.543 e. The number of fused-ring (bicyclic) bond motifs is 1. The van der Waals surface area contributed by atoms with E-state index >= 15 is 0 Å². The average molecular weight is 512 g/mol. The first-order valence-electron chi connectivity index (χ1n) is 11.4. The van der Waals surface area contributed by atoms with Crippen LogP contribution in [0.5, 0.6) is 11.5 Å². The van der Waals surface area contributed by atoms with Crippen LogP contribution in [0.2, 0.25) is 18.1 Å². The van der Waals surface area contributed by atoms with E-state index in [2.05, 4.69) is 39.2 Å². The number of carbonyl (C=O) groups is 3. The summed E-state index contributed by atoms with van der Waals surface area (Å²) in [6.07, 6.45) is 1.17. The van der Waals surface area contributed by atoms with E-state index in [1.807, 2.05) is 13.0 Å². The first kappa shape index (κ1) is 28.0. The number of carboxylic acids is 1. The highest BCUT2D eigenvalue weighted by atomic mass is 32.2. The van der Waals surface area contributed by atoms with Gasteiger partial charge in [0.2, 0.25) is 14.2 Å². The lowest BCUT2D eigenvalue weighted by Crippen LogP contribution is -2.44. The van der Waals surface area contributed by atoms with Gasteiger partial charge in [0.15, 0.2) is 0 Å². The second-order valence-corrected chi connectivity index (χ2v) is 15.7. The molecule has 0 bridgehead atoms. The summed E-state index contributed by atoms with van der Waals surface area (Å²) < 4.78 is 17.8. The van der Waals surface area contributed by atoms with Crippen LogP contribution < -0.4 is 14.5 Å². The molecule has 1 atom stereocenters. The molecule has 10 heteroatoms. The van der Waals surface area contributed by atoms with Crippen molar-refractivity contribution >= 4 is 37.9 Å². The Hall–Kier alpha value is -2.20. The zero-order valence-electron chi connectivity index (χ0n) is 21.2. The van der Waals surface area contributed by atoms with E-state index in [1.165, 1.54) is 11.8 Å². The van der Waals surface area contributed by atoms with Gasteiger partial charge in [0.05, 0.1) is 19.3 Å². The summed E-state index contributed by atoms with van der Waals surface area (Å²) in [5, 5.41) is 12.1. The average Bonchev–Trinajstić information content (AvgIpc) is 2.72. The van der Waals surface area contributed by atoms with Gasteiger partial charge in [0.25, 0.3) is 0 Å². The number of carboxylic acid groups (broad SMARTS) is 1. The molecule has 190 valence electrons. The van der Waals surface area contributed by atoms with Gasteiger partial charge in [0.1, 0.15) is 17.5 Å². The molecule has 0 fully saturated rings. The summed E-state index contributed by atoms with van der Waals surface area (Å²) in [5.41, 5.74) is 1.71. The molecule has 1 heterocycles. The Kier molecular flexibility index (Phi) is 9.47. The zero-order chi connectivity index (χ0) is 25.7. The third-order valence-corrected chi connectivity index (χ3v) is 11.8. The molecule has 0 saturated carbocycles. The lowest BCUT2D eigenvalue weighted by molar-refractivity contribution is -0.141. The van der Waals surface area contributed by atoms with Gasteiger partial charge in [0, 0.05) is 35.1 Å². The van der Waals surface area contributed by atoms with Crippen LogP contribution in [-0.4, -0.2) is 56.8 Å². The number of esters is 1. The maximum absolute atomic E-state index is 13.2. The van der Waals surface area contributed by atoms with Gasteiger partial charge in [-0.1, -0.05) is 20.8 Å². The molecule has 0 saturated heterocycles. The van der Waals surface area contributed by atoms with E-state index in [0.29, 0.717) is 46.8 Å².